The van der Waals surface area contributed by atoms with Crippen molar-refractivity contribution in [3.05, 3.63) is 52.5 Å². The molecule has 2 heterocycles. The minimum Gasteiger partial charge on any atom is -0.454 e. The second-order valence-corrected chi connectivity index (χ2v) is 8.83. The fourth-order valence-corrected chi connectivity index (χ4v) is 5.88. The number of benzene rings is 2. The molecule has 2 aromatic rings. The summed E-state index contributed by atoms with van der Waals surface area (Å²) in [5.41, 5.74) is 2.46. The van der Waals surface area contributed by atoms with Gasteiger partial charge in [0.1, 0.15) is 0 Å². The Balaban J connectivity index is 1.52. The SMILES string of the molecule is O=C(Nc1cccc(C2SCCCS2)c1)c1cc(Cl)c2c(c1)OCO2. The first-order chi connectivity index (χ1) is 12.2. The molecule has 1 N–H and O–H groups in total. The smallest absolute Gasteiger partial charge is 0.255 e. The number of hydrogen-bond donors (Lipinski definition) is 1. The lowest BCUT2D eigenvalue weighted by molar-refractivity contribution is 0.102. The molecule has 1 fully saturated rings. The summed E-state index contributed by atoms with van der Waals surface area (Å²) in [7, 11) is 0. The molecule has 4 rings (SSSR count). The standard InChI is InChI=1S/C18H16ClNO3S2/c19-14-8-12(9-15-16(14)23-10-22-15)17(21)20-13-4-1-3-11(7-13)18-24-5-2-6-25-18/h1,3-4,7-9,18H,2,5-6,10H2,(H,20,21). The highest BCUT2D eigenvalue weighted by molar-refractivity contribution is 8.16. The van der Waals surface area contributed by atoms with Crippen LogP contribution < -0.4 is 14.8 Å². The Hall–Kier alpha value is -1.50. The number of anilines is 1. The van der Waals surface area contributed by atoms with Gasteiger partial charge in [0, 0.05) is 11.3 Å². The summed E-state index contributed by atoms with van der Waals surface area (Å²) in [6.07, 6.45) is 1.26. The zero-order valence-electron chi connectivity index (χ0n) is 13.3. The Morgan fingerprint density at radius 1 is 1.16 bits per heavy atom. The van der Waals surface area contributed by atoms with Crippen LogP contribution in [0.15, 0.2) is 36.4 Å². The average Bonchev–Trinajstić information content (AvgIpc) is 3.12. The maximum Gasteiger partial charge on any atom is 0.255 e. The Kier molecular flexibility index (Phi) is 5.01. The lowest BCUT2D eigenvalue weighted by Gasteiger charge is -2.21. The third kappa shape index (κ3) is 3.71. The van der Waals surface area contributed by atoms with Gasteiger partial charge in [-0.2, -0.15) is 0 Å². The van der Waals surface area contributed by atoms with E-state index in [9.17, 15) is 4.79 Å². The number of carbonyl (C=O) groups excluding carboxylic acids is 1. The third-order valence-electron chi connectivity index (χ3n) is 3.93. The van der Waals surface area contributed by atoms with Gasteiger partial charge in [0.15, 0.2) is 11.5 Å². The van der Waals surface area contributed by atoms with Gasteiger partial charge < -0.3 is 14.8 Å². The monoisotopic (exact) mass is 393 g/mol. The molecule has 130 valence electrons. The number of nitrogens with one attached hydrogen (secondary N) is 1. The van der Waals surface area contributed by atoms with Crippen LogP contribution in [0.1, 0.15) is 26.9 Å². The van der Waals surface area contributed by atoms with E-state index < -0.39 is 0 Å². The van der Waals surface area contributed by atoms with Crippen molar-refractivity contribution in [2.45, 2.75) is 11.0 Å². The molecule has 0 saturated carbocycles. The lowest BCUT2D eigenvalue weighted by atomic mass is 10.1. The number of amides is 1. The maximum absolute atomic E-state index is 12.6. The van der Waals surface area contributed by atoms with E-state index in [4.69, 9.17) is 21.1 Å². The second kappa shape index (κ2) is 7.40. The first-order valence-electron chi connectivity index (χ1n) is 7.94. The van der Waals surface area contributed by atoms with E-state index in [1.165, 1.54) is 23.5 Å². The van der Waals surface area contributed by atoms with Crippen LogP contribution in [-0.2, 0) is 0 Å². The molecule has 25 heavy (non-hydrogen) atoms. The molecule has 0 bridgehead atoms. The van der Waals surface area contributed by atoms with Crippen LogP contribution in [0.4, 0.5) is 5.69 Å². The topological polar surface area (TPSA) is 47.6 Å². The van der Waals surface area contributed by atoms with E-state index >= 15 is 0 Å². The summed E-state index contributed by atoms with van der Waals surface area (Å²) in [5.74, 6) is 3.14. The summed E-state index contributed by atoms with van der Waals surface area (Å²) >= 11 is 10.1. The van der Waals surface area contributed by atoms with Crippen molar-refractivity contribution in [1.29, 1.82) is 0 Å². The van der Waals surface area contributed by atoms with Gasteiger partial charge in [-0.25, -0.2) is 0 Å². The second-order valence-electron chi connectivity index (χ2n) is 5.70. The summed E-state index contributed by atoms with van der Waals surface area (Å²) < 4.78 is 11.0. The quantitative estimate of drug-likeness (QED) is 0.777. The number of halogens is 1. The molecule has 0 radical (unpaired) electrons. The molecule has 2 aromatic carbocycles. The number of hydrogen-bond acceptors (Lipinski definition) is 5. The van der Waals surface area contributed by atoms with E-state index in [1.54, 1.807) is 12.1 Å². The molecule has 4 nitrogen and oxygen atoms in total. The van der Waals surface area contributed by atoms with Crippen molar-refractivity contribution in [1.82, 2.24) is 0 Å². The molecule has 7 heteroatoms. The van der Waals surface area contributed by atoms with E-state index in [0.717, 1.165) is 5.69 Å². The highest BCUT2D eigenvalue weighted by Crippen LogP contribution is 2.44. The van der Waals surface area contributed by atoms with Gasteiger partial charge in [0.25, 0.3) is 5.91 Å². The van der Waals surface area contributed by atoms with Gasteiger partial charge in [-0.05, 0) is 47.8 Å². The number of rotatable bonds is 3. The predicted molar refractivity (Wildman–Crippen MR) is 104 cm³/mol. The molecule has 1 saturated heterocycles. The molecular weight excluding hydrogens is 378 g/mol. The minimum absolute atomic E-state index is 0.124. The van der Waals surface area contributed by atoms with Crippen LogP contribution >= 0.6 is 35.1 Å². The van der Waals surface area contributed by atoms with E-state index in [0.29, 0.717) is 26.7 Å². The Morgan fingerprint density at radius 2 is 2.00 bits per heavy atom. The lowest BCUT2D eigenvalue weighted by Crippen LogP contribution is -2.12. The number of ether oxygens (including phenoxy) is 2. The molecule has 0 atom stereocenters. The predicted octanol–water partition coefficient (Wildman–Crippen LogP) is 5.19. The fourth-order valence-electron chi connectivity index (χ4n) is 2.74. The van der Waals surface area contributed by atoms with Gasteiger partial charge in [-0.15, -0.1) is 23.5 Å². The third-order valence-corrected chi connectivity index (χ3v) is 7.23. The van der Waals surface area contributed by atoms with Gasteiger partial charge in [0.05, 0.1) is 9.60 Å². The highest BCUT2D eigenvalue weighted by atomic mass is 35.5. The van der Waals surface area contributed by atoms with Crippen molar-refractivity contribution in [3.63, 3.8) is 0 Å². The van der Waals surface area contributed by atoms with Crippen molar-refractivity contribution in [3.8, 4) is 11.5 Å². The van der Waals surface area contributed by atoms with Crippen molar-refractivity contribution < 1.29 is 14.3 Å². The van der Waals surface area contributed by atoms with Crippen LogP contribution in [0.3, 0.4) is 0 Å². The minimum atomic E-state index is -0.221. The van der Waals surface area contributed by atoms with Crippen LogP contribution in [0.2, 0.25) is 5.02 Å². The van der Waals surface area contributed by atoms with Crippen LogP contribution in [0.5, 0.6) is 11.5 Å². The molecule has 0 aromatic heterocycles. The van der Waals surface area contributed by atoms with Crippen LogP contribution in [0.25, 0.3) is 0 Å². The van der Waals surface area contributed by atoms with E-state index in [2.05, 4.69) is 11.4 Å². The zero-order chi connectivity index (χ0) is 17.2. The van der Waals surface area contributed by atoms with Crippen molar-refractivity contribution in [2.24, 2.45) is 0 Å². The Labute approximate surface area is 159 Å². The average molecular weight is 394 g/mol. The summed E-state index contributed by atoms with van der Waals surface area (Å²) in [5, 5.41) is 3.32. The number of fused-ring (bicyclic) bond motifs is 1. The molecule has 1 amide bonds. The normalized spacial score (nSPS) is 16.7. The number of thioether (sulfide) groups is 2. The summed E-state index contributed by atoms with van der Waals surface area (Å²) in [6.45, 7) is 0.124. The molecule has 0 unspecified atom stereocenters. The van der Waals surface area contributed by atoms with Crippen molar-refractivity contribution >= 4 is 46.7 Å². The fraction of sp³-hybridized carbons (Fsp3) is 0.278. The highest BCUT2D eigenvalue weighted by Gasteiger charge is 2.21. The van der Waals surface area contributed by atoms with E-state index in [1.807, 2.05) is 41.7 Å². The molecular formula is C18H16ClNO3S2. The van der Waals surface area contributed by atoms with Crippen LogP contribution in [-0.4, -0.2) is 24.2 Å². The van der Waals surface area contributed by atoms with Crippen LogP contribution in [0, 0.1) is 0 Å². The molecule has 0 aliphatic carbocycles. The zero-order valence-corrected chi connectivity index (χ0v) is 15.7. The van der Waals surface area contributed by atoms with Gasteiger partial charge in [-0.3, -0.25) is 4.79 Å². The first kappa shape index (κ1) is 16.9. The molecule has 2 aliphatic rings. The van der Waals surface area contributed by atoms with Crippen molar-refractivity contribution in [2.75, 3.05) is 23.6 Å². The summed E-state index contributed by atoms with van der Waals surface area (Å²) in [4.78, 5) is 12.6. The maximum atomic E-state index is 12.6. The molecule has 2 aliphatic heterocycles. The Bertz CT molecular complexity index is 809. The summed E-state index contributed by atoms with van der Waals surface area (Å²) in [6, 6.07) is 11.3. The Morgan fingerprint density at radius 3 is 2.84 bits per heavy atom. The number of carbonyl (C=O) groups is 1. The van der Waals surface area contributed by atoms with E-state index in [-0.39, 0.29) is 12.7 Å². The first-order valence-corrected chi connectivity index (χ1v) is 10.4. The van der Waals surface area contributed by atoms with Gasteiger partial charge >= 0.3 is 0 Å². The molecule has 0 spiro atoms. The van der Waals surface area contributed by atoms with Gasteiger partial charge in [-0.1, -0.05) is 23.7 Å². The largest absolute Gasteiger partial charge is 0.454 e. The van der Waals surface area contributed by atoms with Gasteiger partial charge in [0.2, 0.25) is 6.79 Å².